The molecule has 1 atom stereocenters. The van der Waals surface area contributed by atoms with Gasteiger partial charge in [0.05, 0.1) is 6.20 Å². The van der Waals surface area contributed by atoms with Gasteiger partial charge in [0.1, 0.15) is 0 Å². The highest BCUT2D eigenvalue weighted by Crippen LogP contribution is 2.17. The van der Waals surface area contributed by atoms with Gasteiger partial charge in [-0.1, -0.05) is 17.3 Å². The molecule has 3 heterocycles. The van der Waals surface area contributed by atoms with Gasteiger partial charge in [0.15, 0.2) is 5.69 Å². The van der Waals surface area contributed by atoms with Crippen molar-refractivity contribution in [2.75, 3.05) is 31.5 Å². The number of likely N-dealkylation sites (tertiary alicyclic amines) is 1. The molecule has 2 fully saturated rings. The van der Waals surface area contributed by atoms with E-state index >= 15 is 0 Å². The number of hydrogen-bond acceptors (Lipinski definition) is 5. The Morgan fingerprint density at radius 3 is 2.79 bits per heavy atom. The molecule has 9 heteroatoms. The van der Waals surface area contributed by atoms with Gasteiger partial charge in [-0.05, 0) is 75.5 Å². The molecule has 2 aliphatic rings. The molecule has 1 amide bonds. The van der Waals surface area contributed by atoms with Gasteiger partial charge in [-0.25, -0.2) is 0 Å². The molecule has 0 radical (unpaired) electrons. The summed E-state index contributed by atoms with van der Waals surface area (Å²) >= 11 is 0. The predicted octanol–water partition coefficient (Wildman–Crippen LogP) is 2.97. The number of carbonyl (C=O) groups excluding carboxylic acids is 1. The largest absolute Gasteiger partial charge is 0.321 e. The number of anilines is 1. The lowest BCUT2D eigenvalue weighted by Gasteiger charge is -2.22. The van der Waals surface area contributed by atoms with Gasteiger partial charge in [0.2, 0.25) is 0 Å². The van der Waals surface area contributed by atoms with E-state index in [2.05, 4.69) is 31.9 Å². The molecule has 1 unspecified atom stereocenters. The minimum Gasteiger partial charge on any atom is -0.321 e. The zero-order valence-corrected chi connectivity index (χ0v) is 18.2. The van der Waals surface area contributed by atoms with Crippen LogP contribution in [0.4, 0.5) is 5.69 Å². The summed E-state index contributed by atoms with van der Waals surface area (Å²) in [6.45, 7) is 6.17. The number of nitrogens with one attached hydrogen (secondary N) is 2. The summed E-state index contributed by atoms with van der Waals surface area (Å²) in [5.41, 5.74) is 2.40. The quantitative estimate of drug-likeness (QED) is 0.721. The Kier molecular flexibility index (Phi) is 9.36. The van der Waals surface area contributed by atoms with Crippen molar-refractivity contribution in [3.63, 3.8) is 0 Å². The average Bonchev–Trinajstić information content (AvgIpc) is 3.35. The molecule has 0 aliphatic carbocycles. The highest BCUT2D eigenvalue weighted by Gasteiger charge is 2.17. The Bertz CT molecular complexity index is 772. The maximum absolute atomic E-state index is 12.5. The van der Waals surface area contributed by atoms with Crippen molar-refractivity contribution in [3.8, 4) is 0 Å². The number of carbonyl (C=O) groups is 1. The van der Waals surface area contributed by atoms with Crippen LogP contribution in [0.1, 0.15) is 41.7 Å². The minimum absolute atomic E-state index is 0. The van der Waals surface area contributed by atoms with Crippen LogP contribution >= 0.6 is 24.8 Å². The second-order valence-electron chi connectivity index (χ2n) is 7.68. The molecule has 2 N–H and O–H groups in total. The number of aromatic nitrogens is 3. The first-order valence-corrected chi connectivity index (χ1v) is 10.00. The van der Waals surface area contributed by atoms with Crippen LogP contribution in [0.15, 0.2) is 30.5 Å². The van der Waals surface area contributed by atoms with Gasteiger partial charge in [-0.15, -0.1) is 29.9 Å². The Balaban J connectivity index is 0.00000150. The summed E-state index contributed by atoms with van der Waals surface area (Å²) < 4.78 is 1.79. The smallest absolute Gasteiger partial charge is 0.277 e. The van der Waals surface area contributed by atoms with E-state index < -0.39 is 0 Å². The fraction of sp³-hybridized carbons (Fsp3) is 0.550. The second kappa shape index (κ2) is 11.5. The first-order chi connectivity index (χ1) is 13.3. The van der Waals surface area contributed by atoms with Crippen LogP contribution in [0.2, 0.25) is 0 Å². The van der Waals surface area contributed by atoms with Crippen molar-refractivity contribution in [1.82, 2.24) is 25.2 Å². The molecule has 2 aliphatic heterocycles. The van der Waals surface area contributed by atoms with Crippen molar-refractivity contribution in [2.24, 2.45) is 5.92 Å². The standard InChI is InChI=1S/C20H28N6O.2ClH/c27-20(19-15-26(24-23-19)14-17-6-4-8-21-12-17)22-18-7-3-5-16(11-18)13-25-9-1-2-10-25;;/h3,5,7,11,15,17,21H,1-2,4,6,8-10,12-14H2,(H,22,27);2*1H. The fourth-order valence-corrected chi connectivity index (χ4v) is 3.98. The van der Waals surface area contributed by atoms with Crippen LogP contribution in [-0.4, -0.2) is 52.0 Å². The van der Waals surface area contributed by atoms with Crippen molar-refractivity contribution >= 4 is 36.4 Å². The molecule has 29 heavy (non-hydrogen) atoms. The monoisotopic (exact) mass is 440 g/mol. The normalized spacial score (nSPS) is 19.2. The molecular weight excluding hydrogens is 411 g/mol. The summed E-state index contributed by atoms with van der Waals surface area (Å²) in [5, 5.41) is 14.5. The first-order valence-electron chi connectivity index (χ1n) is 10.00. The van der Waals surface area contributed by atoms with Gasteiger partial charge in [-0.3, -0.25) is 14.4 Å². The SMILES string of the molecule is Cl.Cl.O=C(Nc1cccc(CN2CCCC2)c1)c1cn(CC2CCCNC2)nn1. The van der Waals surface area contributed by atoms with E-state index in [-0.39, 0.29) is 30.7 Å². The summed E-state index contributed by atoms with van der Waals surface area (Å²) in [4.78, 5) is 15.0. The Morgan fingerprint density at radius 1 is 1.21 bits per heavy atom. The topological polar surface area (TPSA) is 75.1 Å². The highest BCUT2D eigenvalue weighted by atomic mass is 35.5. The van der Waals surface area contributed by atoms with Crippen LogP contribution in [0.3, 0.4) is 0 Å². The maximum Gasteiger partial charge on any atom is 0.277 e. The molecule has 1 aromatic carbocycles. The zero-order valence-electron chi connectivity index (χ0n) is 16.5. The van der Waals surface area contributed by atoms with Gasteiger partial charge in [-0.2, -0.15) is 0 Å². The summed E-state index contributed by atoms with van der Waals surface area (Å²) in [6.07, 6.45) is 6.70. The van der Waals surface area contributed by atoms with Crippen molar-refractivity contribution in [2.45, 2.75) is 38.8 Å². The molecule has 2 aromatic rings. The number of amides is 1. The van der Waals surface area contributed by atoms with Crippen LogP contribution in [0.25, 0.3) is 0 Å². The van der Waals surface area contributed by atoms with E-state index in [1.165, 1.54) is 31.2 Å². The van der Waals surface area contributed by atoms with Crippen LogP contribution in [-0.2, 0) is 13.1 Å². The number of piperidine rings is 1. The van der Waals surface area contributed by atoms with E-state index in [1.54, 1.807) is 10.9 Å². The Morgan fingerprint density at radius 2 is 2.03 bits per heavy atom. The third-order valence-corrected chi connectivity index (χ3v) is 5.41. The van der Waals surface area contributed by atoms with E-state index in [0.717, 1.165) is 45.0 Å². The van der Waals surface area contributed by atoms with Gasteiger partial charge < -0.3 is 10.6 Å². The van der Waals surface area contributed by atoms with Crippen LogP contribution in [0, 0.1) is 5.92 Å². The predicted molar refractivity (Wildman–Crippen MR) is 119 cm³/mol. The fourth-order valence-electron chi connectivity index (χ4n) is 3.98. The molecular formula is C20H30Cl2N6O. The third-order valence-electron chi connectivity index (χ3n) is 5.41. The lowest BCUT2D eigenvalue weighted by atomic mass is 10.00. The molecule has 4 rings (SSSR count). The Hall–Kier alpha value is -1.67. The van der Waals surface area contributed by atoms with Crippen LogP contribution in [0.5, 0.6) is 0 Å². The number of nitrogens with zero attached hydrogens (tertiary/aromatic N) is 4. The van der Waals surface area contributed by atoms with E-state index in [4.69, 9.17) is 0 Å². The molecule has 0 saturated carbocycles. The Labute approximate surface area is 184 Å². The number of rotatable bonds is 6. The van der Waals surface area contributed by atoms with E-state index in [9.17, 15) is 4.79 Å². The first kappa shape index (κ1) is 23.6. The van der Waals surface area contributed by atoms with Crippen molar-refractivity contribution in [1.29, 1.82) is 0 Å². The summed E-state index contributed by atoms with van der Waals surface area (Å²) in [6, 6.07) is 8.08. The highest BCUT2D eigenvalue weighted by molar-refractivity contribution is 6.02. The molecule has 0 spiro atoms. The van der Waals surface area contributed by atoms with E-state index in [1.807, 2.05) is 18.2 Å². The van der Waals surface area contributed by atoms with E-state index in [0.29, 0.717) is 11.6 Å². The number of benzene rings is 1. The summed E-state index contributed by atoms with van der Waals surface area (Å²) in [7, 11) is 0. The number of hydrogen-bond donors (Lipinski definition) is 2. The van der Waals surface area contributed by atoms with Crippen molar-refractivity contribution in [3.05, 3.63) is 41.7 Å². The van der Waals surface area contributed by atoms with Crippen molar-refractivity contribution < 1.29 is 4.79 Å². The van der Waals surface area contributed by atoms with Gasteiger partial charge >= 0.3 is 0 Å². The molecule has 1 aromatic heterocycles. The lowest BCUT2D eigenvalue weighted by Crippen LogP contribution is -2.32. The molecule has 2 saturated heterocycles. The van der Waals surface area contributed by atoms with Gasteiger partial charge in [0.25, 0.3) is 5.91 Å². The zero-order chi connectivity index (χ0) is 18.5. The summed E-state index contributed by atoms with van der Waals surface area (Å²) in [5.74, 6) is 0.347. The molecule has 7 nitrogen and oxygen atoms in total. The third kappa shape index (κ3) is 6.67. The maximum atomic E-state index is 12.5. The minimum atomic E-state index is -0.207. The molecule has 160 valence electrons. The van der Waals surface area contributed by atoms with Crippen LogP contribution < -0.4 is 10.6 Å². The lowest BCUT2D eigenvalue weighted by molar-refractivity contribution is 0.102. The molecule has 0 bridgehead atoms. The average molecular weight is 441 g/mol. The van der Waals surface area contributed by atoms with Gasteiger partial charge in [0, 0.05) is 18.8 Å². The second-order valence-corrected chi connectivity index (χ2v) is 7.68. The number of halogens is 2.